The molecule has 3 rings (SSSR count). The number of benzene rings is 2. The molecule has 0 fully saturated rings. The zero-order valence-electron chi connectivity index (χ0n) is 9.51. The first-order valence-electron chi connectivity index (χ1n) is 5.62. The van der Waals surface area contributed by atoms with E-state index in [0.717, 1.165) is 21.1 Å². The van der Waals surface area contributed by atoms with Gasteiger partial charge in [-0.2, -0.15) is 0 Å². The number of halogens is 1. The molecule has 3 heteroatoms. The second kappa shape index (κ2) is 4.42. The van der Waals surface area contributed by atoms with Crippen LogP contribution in [0.2, 0.25) is 0 Å². The van der Waals surface area contributed by atoms with Crippen LogP contribution in [-0.2, 0) is 0 Å². The molecule has 0 bridgehead atoms. The molecular weight excluding hydrogens is 290 g/mol. The standard InChI is InChI=1S/C15H10BrNO/c16-11-5-7-12(8-6-11)17-10-9-15(18)13-3-1-2-4-14(13)17/h1-10H. The van der Waals surface area contributed by atoms with Gasteiger partial charge in [0.1, 0.15) is 0 Å². The Morgan fingerprint density at radius 1 is 0.889 bits per heavy atom. The molecule has 0 saturated carbocycles. The van der Waals surface area contributed by atoms with Crippen LogP contribution in [0.15, 0.2) is 70.1 Å². The van der Waals surface area contributed by atoms with Gasteiger partial charge in [-0.05, 0) is 36.4 Å². The highest BCUT2D eigenvalue weighted by Crippen LogP contribution is 2.18. The van der Waals surface area contributed by atoms with Gasteiger partial charge in [-0.25, -0.2) is 0 Å². The summed E-state index contributed by atoms with van der Waals surface area (Å²) < 4.78 is 3.06. The number of rotatable bonds is 1. The van der Waals surface area contributed by atoms with Crippen LogP contribution in [0.25, 0.3) is 16.6 Å². The van der Waals surface area contributed by atoms with E-state index in [-0.39, 0.29) is 5.43 Å². The van der Waals surface area contributed by atoms with Gasteiger partial charge in [0.2, 0.25) is 0 Å². The summed E-state index contributed by atoms with van der Waals surface area (Å²) in [5.41, 5.74) is 2.01. The van der Waals surface area contributed by atoms with Crippen LogP contribution in [0.3, 0.4) is 0 Å². The first kappa shape index (κ1) is 11.2. The summed E-state index contributed by atoms with van der Waals surface area (Å²) in [5.74, 6) is 0. The molecule has 0 radical (unpaired) electrons. The van der Waals surface area contributed by atoms with Crippen LogP contribution in [0, 0.1) is 0 Å². The minimum Gasteiger partial charge on any atom is -0.316 e. The summed E-state index contributed by atoms with van der Waals surface area (Å²) in [6.45, 7) is 0. The van der Waals surface area contributed by atoms with Crippen molar-refractivity contribution in [1.82, 2.24) is 4.57 Å². The van der Waals surface area contributed by atoms with Gasteiger partial charge in [-0.3, -0.25) is 4.79 Å². The summed E-state index contributed by atoms with van der Waals surface area (Å²) in [6, 6.07) is 17.2. The highest BCUT2D eigenvalue weighted by atomic mass is 79.9. The minimum absolute atomic E-state index is 0.0546. The molecule has 18 heavy (non-hydrogen) atoms. The van der Waals surface area contributed by atoms with Crippen LogP contribution in [0.1, 0.15) is 0 Å². The van der Waals surface area contributed by atoms with Gasteiger partial charge in [0.25, 0.3) is 0 Å². The van der Waals surface area contributed by atoms with E-state index in [1.54, 1.807) is 6.07 Å². The van der Waals surface area contributed by atoms with Crippen molar-refractivity contribution >= 4 is 26.8 Å². The Morgan fingerprint density at radius 2 is 1.61 bits per heavy atom. The summed E-state index contributed by atoms with van der Waals surface area (Å²) >= 11 is 3.42. The second-order valence-corrected chi connectivity index (χ2v) is 4.96. The Kier molecular flexibility index (Phi) is 2.76. The monoisotopic (exact) mass is 299 g/mol. The quantitative estimate of drug-likeness (QED) is 0.671. The van der Waals surface area contributed by atoms with E-state index in [0.29, 0.717) is 0 Å². The largest absolute Gasteiger partial charge is 0.316 e. The molecule has 0 unspecified atom stereocenters. The van der Waals surface area contributed by atoms with E-state index in [1.165, 1.54) is 0 Å². The average molecular weight is 300 g/mol. The van der Waals surface area contributed by atoms with Crippen LogP contribution < -0.4 is 5.43 Å². The molecule has 0 atom stereocenters. The number of pyridine rings is 1. The fraction of sp³-hybridized carbons (Fsp3) is 0. The lowest BCUT2D eigenvalue weighted by atomic mass is 10.2. The zero-order valence-corrected chi connectivity index (χ0v) is 11.1. The van der Waals surface area contributed by atoms with Gasteiger partial charge < -0.3 is 4.57 Å². The second-order valence-electron chi connectivity index (χ2n) is 4.04. The zero-order chi connectivity index (χ0) is 12.5. The maximum Gasteiger partial charge on any atom is 0.189 e. The van der Waals surface area contributed by atoms with E-state index < -0.39 is 0 Å². The van der Waals surface area contributed by atoms with Crippen LogP contribution in [0.4, 0.5) is 0 Å². The maximum absolute atomic E-state index is 11.8. The lowest BCUT2D eigenvalue weighted by Crippen LogP contribution is -2.06. The molecular formula is C15H10BrNO. The summed E-state index contributed by atoms with van der Waals surface area (Å²) in [6.07, 6.45) is 1.81. The predicted octanol–water partition coefficient (Wildman–Crippen LogP) is 3.75. The van der Waals surface area contributed by atoms with E-state index in [1.807, 2.05) is 59.3 Å². The molecule has 1 heterocycles. The molecule has 0 aliphatic carbocycles. The maximum atomic E-state index is 11.8. The lowest BCUT2D eigenvalue weighted by molar-refractivity contribution is 1.10. The molecule has 2 aromatic carbocycles. The fourth-order valence-corrected chi connectivity index (χ4v) is 2.30. The van der Waals surface area contributed by atoms with Gasteiger partial charge in [0.05, 0.1) is 5.52 Å². The highest BCUT2D eigenvalue weighted by molar-refractivity contribution is 9.10. The van der Waals surface area contributed by atoms with Gasteiger partial charge in [0, 0.05) is 27.8 Å². The summed E-state index contributed by atoms with van der Waals surface area (Å²) in [4.78, 5) is 11.8. The molecule has 3 aromatic rings. The third-order valence-corrected chi connectivity index (χ3v) is 3.44. The molecule has 2 nitrogen and oxygen atoms in total. The summed E-state index contributed by atoms with van der Waals surface area (Å²) in [7, 11) is 0. The van der Waals surface area contributed by atoms with Crippen molar-refractivity contribution in [2.75, 3.05) is 0 Å². The van der Waals surface area contributed by atoms with Gasteiger partial charge in [-0.1, -0.05) is 28.1 Å². The van der Waals surface area contributed by atoms with Crippen molar-refractivity contribution < 1.29 is 0 Å². The Morgan fingerprint density at radius 3 is 2.39 bits per heavy atom. The molecule has 0 amide bonds. The van der Waals surface area contributed by atoms with E-state index >= 15 is 0 Å². The van der Waals surface area contributed by atoms with E-state index in [9.17, 15) is 4.79 Å². The van der Waals surface area contributed by atoms with Crippen molar-refractivity contribution in [2.24, 2.45) is 0 Å². The van der Waals surface area contributed by atoms with E-state index in [4.69, 9.17) is 0 Å². The molecule has 0 N–H and O–H groups in total. The highest BCUT2D eigenvalue weighted by Gasteiger charge is 2.03. The number of para-hydroxylation sites is 1. The van der Waals surface area contributed by atoms with Crippen LogP contribution in [0.5, 0.6) is 0 Å². The number of fused-ring (bicyclic) bond motifs is 1. The normalized spacial score (nSPS) is 10.7. The van der Waals surface area contributed by atoms with Crippen molar-refractivity contribution in [2.45, 2.75) is 0 Å². The van der Waals surface area contributed by atoms with Crippen molar-refractivity contribution in [3.63, 3.8) is 0 Å². The Balaban J connectivity index is 2.33. The van der Waals surface area contributed by atoms with Crippen molar-refractivity contribution in [3.8, 4) is 5.69 Å². The van der Waals surface area contributed by atoms with Gasteiger partial charge in [0.15, 0.2) is 5.43 Å². The Hall–Kier alpha value is -1.87. The van der Waals surface area contributed by atoms with Crippen LogP contribution >= 0.6 is 15.9 Å². The SMILES string of the molecule is O=c1ccn(-c2ccc(Br)cc2)c2ccccc12. The third-order valence-electron chi connectivity index (χ3n) is 2.91. The van der Waals surface area contributed by atoms with Gasteiger partial charge >= 0.3 is 0 Å². The van der Waals surface area contributed by atoms with Crippen molar-refractivity contribution in [1.29, 1.82) is 0 Å². The van der Waals surface area contributed by atoms with Crippen LogP contribution in [-0.4, -0.2) is 4.57 Å². The Labute approximate surface area is 113 Å². The minimum atomic E-state index is 0.0546. The molecule has 0 aliphatic heterocycles. The Bertz CT molecular complexity index is 759. The molecule has 0 aliphatic rings. The summed E-state index contributed by atoms with van der Waals surface area (Å²) in [5, 5.41) is 0.739. The molecule has 88 valence electrons. The van der Waals surface area contributed by atoms with Crippen molar-refractivity contribution in [3.05, 3.63) is 75.5 Å². The third kappa shape index (κ3) is 1.87. The fourth-order valence-electron chi connectivity index (χ4n) is 2.03. The number of nitrogens with zero attached hydrogens (tertiary/aromatic N) is 1. The number of hydrogen-bond acceptors (Lipinski definition) is 1. The number of hydrogen-bond donors (Lipinski definition) is 0. The molecule has 0 saturated heterocycles. The molecule has 1 aromatic heterocycles. The number of aromatic nitrogens is 1. The lowest BCUT2D eigenvalue weighted by Gasteiger charge is -2.10. The van der Waals surface area contributed by atoms with Gasteiger partial charge in [-0.15, -0.1) is 0 Å². The van der Waals surface area contributed by atoms with E-state index in [2.05, 4.69) is 15.9 Å². The topological polar surface area (TPSA) is 22.0 Å². The predicted molar refractivity (Wildman–Crippen MR) is 77.2 cm³/mol. The smallest absolute Gasteiger partial charge is 0.189 e. The molecule has 0 spiro atoms. The first-order valence-corrected chi connectivity index (χ1v) is 6.41. The average Bonchev–Trinajstić information content (AvgIpc) is 2.41. The first-order chi connectivity index (χ1) is 8.75.